The van der Waals surface area contributed by atoms with E-state index in [-0.39, 0.29) is 10.9 Å². The molecule has 5 nitrogen and oxygen atoms in total. The number of hydrogen-bond donors (Lipinski definition) is 2. The Morgan fingerprint density at radius 3 is 2.75 bits per heavy atom. The largest absolute Gasteiger partial charge is 0.365 e. The molecule has 0 aliphatic heterocycles. The van der Waals surface area contributed by atoms with Gasteiger partial charge < -0.3 is 11.1 Å². The number of hydrogen-bond acceptors (Lipinski definition) is 5. The third-order valence-corrected chi connectivity index (χ3v) is 3.42. The Morgan fingerprint density at radius 1 is 1.56 bits per heavy atom. The van der Waals surface area contributed by atoms with Crippen molar-refractivity contribution >= 4 is 15.7 Å². The molecule has 0 amide bonds. The number of aromatic nitrogens is 1. The normalized spacial score (nSPS) is 13.4. The van der Waals surface area contributed by atoms with Crippen LogP contribution in [0.3, 0.4) is 0 Å². The van der Waals surface area contributed by atoms with Crippen LogP contribution < -0.4 is 11.1 Å². The minimum absolute atomic E-state index is 0.0374. The fourth-order valence-corrected chi connectivity index (χ4v) is 2.11. The number of sulfone groups is 1. The lowest BCUT2D eigenvalue weighted by atomic mass is 10.2. The van der Waals surface area contributed by atoms with Gasteiger partial charge in [0.05, 0.1) is 0 Å². The van der Waals surface area contributed by atoms with Crippen LogP contribution in [-0.4, -0.2) is 32.2 Å². The quantitative estimate of drug-likeness (QED) is 0.792. The van der Waals surface area contributed by atoms with Gasteiger partial charge in [0, 0.05) is 25.0 Å². The Balaban J connectivity index is 3.05. The van der Waals surface area contributed by atoms with Crippen molar-refractivity contribution in [1.82, 2.24) is 4.98 Å². The zero-order chi connectivity index (χ0) is 12.2. The maximum atomic E-state index is 11.5. The molecular formula is C10H17N3O2S. The molecule has 0 spiro atoms. The first kappa shape index (κ1) is 12.9. The molecule has 0 fully saturated rings. The highest BCUT2D eigenvalue weighted by Crippen LogP contribution is 2.18. The molecule has 90 valence electrons. The van der Waals surface area contributed by atoms with E-state index in [1.807, 2.05) is 6.92 Å². The summed E-state index contributed by atoms with van der Waals surface area (Å²) in [7, 11) is -3.26. The lowest BCUT2D eigenvalue weighted by Crippen LogP contribution is -2.29. The molecule has 0 aliphatic rings. The van der Waals surface area contributed by atoms with Crippen molar-refractivity contribution in [3.63, 3.8) is 0 Å². The van der Waals surface area contributed by atoms with Gasteiger partial charge in [0.25, 0.3) is 0 Å². The van der Waals surface area contributed by atoms with Crippen molar-refractivity contribution < 1.29 is 8.42 Å². The van der Waals surface area contributed by atoms with Crippen molar-refractivity contribution in [2.75, 3.05) is 18.1 Å². The molecule has 1 rings (SSSR count). The summed E-state index contributed by atoms with van der Waals surface area (Å²) in [5.74, 6) is 0.377. The van der Waals surface area contributed by atoms with Crippen LogP contribution in [0.15, 0.2) is 23.2 Å². The van der Waals surface area contributed by atoms with Crippen LogP contribution in [0.2, 0.25) is 0 Å². The second kappa shape index (κ2) is 5.27. The maximum absolute atomic E-state index is 11.5. The topological polar surface area (TPSA) is 85.1 Å². The molecule has 0 radical (unpaired) electrons. The smallest absolute Gasteiger partial charge is 0.179 e. The predicted molar refractivity (Wildman–Crippen MR) is 64.1 cm³/mol. The predicted octanol–water partition coefficient (Wildman–Crippen LogP) is 0.634. The summed E-state index contributed by atoms with van der Waals surface area (Å²) < 4.78 is 23.0. The van der Waals surface area contributed by atoms with E-state index in [0.717, 1.165) is 6.42 Å². The third kappa shape index (κ3) is 3.18. The Bertz CT molecular complexity index is 441. The summed E-state index contributed by atoms with van der Waals surface area (Å²) in [6, 6.07) is 3.18. The highest BCUT2D eigenvalue weighted by atomic mass is 32.2. The van der Waals surface area contributed by atoms with E-state index in [9.17, 15) is 8.42 Å². The average molecular weight is 243 g/mol. The summed E-state index contributed by atoms with van der Waals surface area (Å²) in [5.41, 5.74) is 5.55. The van der Waals surface area contributed by atoms with Crippen molar-refractivity contribution in [3.05, 3.63) is 18.3 Å². The highest BCUT2D eigenvalue weighted by molar-refractivity contribution is 7.90. The monoisotopic (exact) mass is 243 g/mol. The van der Waals surface area contributed by atoms with Crippen LogP contribution in [0.5, 0.6) is 0 Å². The van der Waals surface area contributed by atoms with Gasteiger partial charge in [-0.2, -0.15) is 0 Å². The summed E-state index contributed by atoms with van der Waals surface area (Å²) in [6.07, 6.45) is 3.54. The molecule has 3 N–H and O–H groups in total. The molecule has 1 heterocycles. The lowest BCUT2D eigenvalue weighted by Gasteiger charge is -2.16. The van der Waals surface area contributed by atoms with Gasteiger partial charge in [0.1, 0.15) is 10.7 Å². The van der Waals surface area contributed by atoms with E-state index < -0.39 is 9.84 Å². The molecule has 0 bridgehead atoms. The second-order valence-corrected chi connectivity index (χ2v) is 5.59. The van der Waals surface area contributed by atoms with Crippen LogP contribution in [0, 0.1) is 0 Å². The molecule has 0 saturated heterocycles. The average Bonchev–Trinajstić information content (AvgIpc) is 2.25. The fourth-order valence-electron chi connectivity index (χ4n) is 1.32. The summed E-state index contributed by atoms with van der Waals surface area (Å²) in [5, 5.41) is 3.04. The molecule has 1 unspecified atom stereocenters. The Kier molecular flexibility index (Phi) is 4.26. The minimum Gasteiger partial charge on any atom is -0.365 e. The molecular weight excluding hydrogens is 226 g/mol. The number of nitrogens with one attached hydrogen (secondary N) is 1. The standard InChI is InChI=1S/C10H17N3O2S/c1-3-8(7-11)13-10-9(16(2,14)15)5-4-6-12-10/h4-6,8H,3,7,11H2,1-2H3,(H,12,13). The number of pyridine rings is 1. The molecule has 1 atom stereocenters. The van der Waals surface area contributed by atoms with Crippen LogP contribution in [-0.2, 0) is 9.84 Å². The number of rotatable bonds is 5. The molecule has 0 aliphatic carbocycles. The summed E-state index contributed by atoms with van der Waals surface area (Å²) in [6.45, 7) is 2.42. The van der Waals surface area contributed by atoms with Crippen molar-refractivity contribution in [1.29, 1.82) is 0 Å². The van der Waals surface area contributed by atoms with Gasteiger partial charge >= 0.3 is 0 Å². The number of nitrogens with two attached hydrogens (primary N) is 1. The van der Waals surface area contributed by atoms with Crippen LogP contribution in [0.1, 0.15) is 13.3 Å². The highest BCUT2D eigenvalue weighted by Gasteiger charge is 2.15. The fraction of sp³-hybridized carbons (Fsp3) is 0.500. The van der Waals surface area contributed by atoms with E-state index in [0.29, 0.717) is 12.4 Å². The third-order valence-electron chi connectivity index (χ3n) is 2.29. The van der Waals surface area contributed by atoms with Gasteiger partial charge in [-0.1, -0.05) is 6.92 Å². The first-order chi connectivity index (χ1) is 7.49. The molecule has 6 heteroatoms. The van der Waals surface area contributed by atoms with E-state index >= 15 is 0 Å². The summed E-state index contributed by atoms with van der Waals surface area (Å²) in [4.78, 5) is 4.25. The molecule has 1 aromatic rings. The van der Waals surface area contributed by atoms with Gasteiger partial charge in [-0.25, -0.2) is 13.4 Å². The van der Waals surface area contributed by atoms with Gasteiger partial charge in [-0.15, -0.1) is 0 Å². The van der Waals surface area contributed by atoms with Gasteiger partial charge in [-0.05, 0) is 18.6 Å². The van der Waals surface area contributed by atoms with Gasteiger partial charge in [-0.3, -0.25) is 0 Å². The Hall–Kier alpha value is -1.14. The van der Waals surface area contributed by atoms with E-state index in [2.05, 4.69) is 10.3 Å². The van der Waals surface area contributed by atoms with Crippen LogP contribution in [0.25, 0.3) is 0 Å². The SMILES string of the molecule is CCC(CN)Nc1ncccc1S(C)(=O)=O. The second-order valence-electron chi connectivity index (χ2n) is 3.61. The van der Waals surface area contributed by atoms with Gasteiger partial charge in [0.15, 0.2) is 9.84 Å². The molecule has 1 aromatic heterocycles. The first-order valence-corrected chi connectivity index (χ1v) is 6.99. The van der Waals surface area contributed by atoms with Crippen LogP contribution >= 0.6 is 0 Å². The molecule has 0 aromatic carbocycles. The minimum atomic E-state index is -3.26. The van der Waals surface area contributed by atoms with E-state index in [4.69, 9.17) is 5.73 Å². The van der Waals surface area contributed by atoms with Crippen LogP contribution in [0.4, 0.5) is 5.82 Å². The number of nitrogens with zero attached hydrogens (tertiary/aromatic N) is 1. The van der Waals surface area contributed by atoms with Crippen molar-refractivity contribution in [2.45, 2.75) is 24.3 Å². The maximum Gasteiger partial charge on any atom is 0.179 e. The van der Waals surface area contributed by atoms with Gasteiger partial charge in [0.2, 0.25) is 0 Å². The molecule has 16 heavy (non-hydrogen) atoms. The van der Waals surface area contributed by atoms with Crippen molar-refractivity contribution in [3.8, 4) is 0 Å². The Labute approximate surface area is 96.0 Å². The van der Waals surface area contributed by atoms with E-state index in [1.165, 1.54) is 12.3 Å². The zero-order valence-corrected chi connectivity index (χ0v) is 10.3. The molecule has 0 saturated carbocycles. The zero-order valence-electron chi connectivity index (χ0n) is 9.47. The van der Waals surface area contributed by atoms with Crippen molar-refractivity contribution in [2.24, 2.45) is 5.73 Å². The first-order valence-electron chi connectivity index (χ1n) is 5.10. The Morgan fingerprint density at radius 2 is 2.25 bits per heavy atom. The number of anilines is 1. The van der Waals surface area contributed by atoms with E-state index in [1.54, 1.807) is 12.3 Å². The summed E-state index contributed by atoms with van der Waals surface area (Å²) >= 11 is 0. The lowest BCUT2D eigenvalue weighted by molar-refractivity contribution is 0.601.